The number of hydrogen-bond donors (Lipinski definition) is 1. The number of ether oxygens (including phenoxy) is 1. The van der Waals surface area contributed by atoms with Gasteiger partial charge in [0.15, 0.2) is 11.8 Å². The van der Waals surface area contributed by atoms with Crippen molar-refractivity contribution in [2.75, 3.05) is 7.11 Å². The highest BCUT2D eigenvalue weighted by Gasteiger charge is 2.23. The lowest BCUT2D eigenvalue weighted by Crippen LogP contribution is -2.39. The third-order valence-corrected chi connectivity index (χ3v) is 2.04. The summed E-state index contributed by atoms with van der Waals surface area (Å²) in [6.07, 6.45) is 0. The molecule has 0 saturated carbocycles. The summed E-state index contributed by atoms with van der Waals surface area (Å²) in [5, 5.41) is 0. The average molecular weight is 207 g/mol. The Hall–Kier alpha value is -1.68. The van der Waals surface area contributed by atoms with Crippen molar-refractivity contribution in [2.24, 2.45) is 5.73 Å². The highest BCUT2D eigenvalue weighted by atomic mass is 16.5. The summed E-state index contributed by atoms with van der Waals surface area (Å²) >= 11 is 0. The van der Waals surface area contributed by atoms with E-state index in [1.807, 2.05) is 13.0 Å². The number of rotatable bonds is 3. The Kier molecular flexibility index (Phi) is 3.57. The Balaban J connectivity index is 2.90. The number of methoxy groups -OCH3 is 1. The van der Waals surface area contributed by atoms with Crippen LogP contribution < -0.4 is 5.73 Å². The molecular formula is C11H13NO3. The van der Waals surface area contributed by atoms with E-state index in [2.05, 4.69) is 4.74 Å². The summed E-state index contributed by atoms with van der Waals surface area (Å²) in [4.78, 5) is 22.7. The predicted octanol–water partition coefficient (Wildman–Crippen LogP) is 0.678. The van der Waals surface area contributed by atoms with Crippen molar-refractivity contribution >= 4 is 11.8 Å². The van der Waals surface area contributed by atoms with Gasteiger partial charge in [-0.15, -0.1) is 0 Å². The van der Waals surface area contributed by atoms with Gasteiger partial charge in [-0.05, 0) is 13.0 Å². The number of nitrogens with two attached hydrogens (primary N) is 1. The van der Waals surface area contributed by atoms with Crippen LogP contribution in [0.1, 0.15) is 15.9 Å². The molecule has 1 aromatic rings. The predicted molar refractivity (Wildman–Crippen MR) is 55.5 cm³/mol. The molecule has 0 amide bonds. The Morgan fingerprint density at radius 3 is 2.60 bits per heavy atom. The summed E-state index contributed by atoms with van der Waals surface area (Å²) in [7, 11) is 1.20. The maximum Gasteiger partial charge on any atom is 0.330 e. The number of carbonyl (C=O) groups is 2. The standard InChI is InChI=1S/C11H13NO3/c1-7-4-3-5-8(6-7)10(13)9(12)11(14)15-2/h3-6,9H,12H2,1-2H3. The summed E-state index contributed by atoms with van der Waals surface area (Å²) in [5.41, 5.74) is 6.80. The first kappa shape index (κ1) is 11.4. The number of ketones is 1. The van der Waals surface area contributed by atoms with Crippen LogP contribution >= 0.6 is 0 Å². The number of Topliss-reactive ketones (excluding diaryl/α,β-unsaturated/α-hetero) is 1. The lowest BCUT2D eigenvalue weighted by atomic mass is 10.0. The van der Waals surface area contributed by atoms with Gasteiger partial charge in [-0.25, -0.2) is 4.79 Å². The molecule has 0 saturated heterocycles. The van der Waals surface area contributed by atoms with Crippen molar-refractivity contribution < 1.29 is 14.3 Å². The fraction of sp³-hybridized carbons (Fsp3) is 0.273. The van der Waals surface area contributed by atoms with Crippen molar-refractivity contribution in [1.82, 2.24) is 0 Å². The first-order chi connectivity index (χ1) is 7.06. The van der Waals surface area contributed by atoms with E-state index >= 15 is 0 Å². The van der Waals surface area contributed by atoms with Crippen LogP contribution in [0.3, 0.4) is 0 Å². The number of carbonyl (C=O) groups excluding carboxylic acids is 2. The molecule has 1 aromatic carbocycles. The van der Waals surface area contributed by atoms with E-state index in [-0.39, 0.29) is 0 Å². The quantitative estimate of drug-likeness (QED) is 0.449. The lowest BCUT2D eigenvalue weighted by Gasteiger charge is -2.08. The smallest absolute Gasteiger partial charge is 0.330 e. The molecule has 0 aliphatic carbocycles. The maximum absolute atomic E-state index is 11.7. The van der Waals surface area contributed by atoms with Gasteiger partial charge in [0, 0.05) is 5.56 Å². The summed E-state index contributed by atoms with van der Waals surface area (Å²) in [6.45, 7) is 1.86. The molecule has 1 rings (SSSR count). The molecule has 0 radical (unpaired) electrons. The van der Waals surface area contributed by atoms with Crippen LogP contribution in [0.15, 0.2) is 24.3 Å². The normalized spacial score (nSPS) is 11.9. The fourth-order valence-corrected chi connectivity index (χ4v) is 1.21. The maximum atomic E-state index is 11.7. The van der Waals surface area contributed by atoms with Crippen LogP contribution in [0.5, 0.6) is 0 Å². The first-order valence-electron chi connectivity index (χ1n) is 4.50. The molecule has 0 aliphatic rings. The van der Waals surface area contributed by atoms with E-state index in [9.17, 15) is 9.59 Å². The Morgan fingerprint density at radius 2 is 2.07 bits per heavy atom. The number of esters is 1. The van der Waals surface area contributed by atoms with Crippen LogP contribution in [0, 0.1) is 6.92 Å². The molecule has 0 heterocycles. The molecule has 80 valence electrons. The van der Waals surface area contributed by atoms with E-state index in [0.29, 0.717) is 5.56 Å². The second-order valence-electron chi connectivity index (χ2n) is 3.23. The number of benzene rings is 1. The highest BCUT2D eigenvalue weighted by molar-refractivity contribution is 6.11. The van der Waals surface area contributed by atoms with Gasteiger partial charge in [0.2, 0.25) is 0 Å². The fourth-order valence-electron chi connectivity index (χ4n) is 1.21. The van der Waals surface area contributed by atoms with Gasteiger partial charge in [0.05, 0.1) is 7.11 Å². The summed E-state index contributed by atoms with van der Waals surface area (Å²) in [5.74, 6) is -1.15. The van der Waals surface area contributed by atoms with Gasteiger partial charge in [-0.1, -0.05) is 23.8 Å². The van der Waals surface area contributed by atoms with Crippen molar-refractivity contribution in [3.8, 4) is 0 Å². The van der Waals surface area contributed by atoms with Crippen LogP contribution in [0.2, 0.25) is 0 Å². The second kappa shape index (κ2) is 4.70. The van der Waals surface area contributed by atoms with Crippen molar-refractivity contribution in [1.29, 1.82) is 0 Å². The van der Waals surface area contributed by atoms with Gasteiger partial charge in [0.25, 0.3) is 0 Å². The molecule has 0 fully saturated rings. The zero-order valence-electron chi connectivity index (χ0n) is 8.69. The monoisotopic (exact) mass is 207 g/mol. The van der Waals surface area contributed by atoms with Crippen molar-refractivity contribution in [3.63, 3.8) is 0 Å². The molecule has 0 aromatic heterocycles. The minimum absolute atomic E-state index is 0.424. The lowest BCUT2D eigenvalue weighted by molar-refractivity contribution is -0.140. The molecule has 0 bridgehead atoms. The van der Waals surface area contributed by atoms with Crippen LogP contribution in [-0.2, 0) is 9.53 Å². The Labute approximate surface area is 88.0 Å². The molecular weight excluding hydrogens is 194 g/mol. The molecule has 4 heteroatoms. The number of aryl methyl sites for hydroxylation is 1. The topological polar surface area (TPSA) is 69.4 Å². The van der Waals surface area contributed by atoms with Gasteiger partial charge in [0.1, 0.15) is 0 Å². The molecule has 0 spiro atoms. The van der Waals surface area contributed by atoms with Crippen molar-refractivity contribution in [2.45, 2.75) is 13.0 Å². The van der Waals surface area contributed by atoms with Crippen LogP contribution in [0.25, 0.3) is 0 Å². The minimum Gasteiger partial charge on any atom is -0.468 e. The molecule has 2 N–H and O–H groups in total. The van der Waals surface area contributed by atoms with Gasteiger partial charge >= 0.3 is 5.97 Å². The molecule has 1 atom stereocenters. The number of hydrogen-bond acceptors (Lipinski definition) is 4. The largest absolute Gasteiger partial charge is 0.468 e. The molecule has 0 aliphatic heterocycles. The molecule has 1 unspecified atom stereocenters. The van der Waals surface area contributed by atoms with E-state index in [1.54, 1.807) is 18.2 Å². The third-order valence-electron chi connectivity index (χ3n) is 2.04. The third kappa shape index (κ3) is 2.63. The molecule has 15 heavy (non-hydrogen) atoms. The Morgan fingerprint density at radius 1 is 1.40 bits per heavy atom. The summed E-state index contributed by atoms with van der Waals surface area (Å²) < 4.78 is 4.40. The zero-order valence-corrected chi connectivity index (χ0v) is 8.69. The van der Waals surface area contributed by atoms with Gasteiger partial charge < -0.3 is 10.5 Å². The van der Waals surface area contributed by atoms with E-state index < -0.39 is 17.8 Å². The highest BCUT2D eigenvalue weighted by Crippen LogP contribution is 2.06. The summed E-state index contributed by atoms with van der Waals surface area (Å²) in [6, 6.07) is 5.67. The molecule has 4 nitrogen and oxygen atoms in total. The van der Waals surface area contributed by atoms with Crippen LogP contribution in [-0.4, -0.2) is 24.9 Å². The van der Waals surface area contributed by atoms with Gasteiger partial charge in [-0.2, -0.15) is 0 Å². The SMILES string of the molecule is COC(=O)C(N)C(=O)c1cccc(C)c1. The Bertz CT molecular complexity index is 387. The minimum atomic E-state index is -1.24. The second-order valence-corrected chi connectivity index (χ2v) is 3.23. The van der Waals surface area contributed by atoms with E-state index in [0.717, 1.165) is 5.56 Å². The first-order valence-corrected chi connectivity index (χ1v) is 4.50. The van der Waals surface area contributed by atoms with Crippen LogP contribution in [0.4, 0.5) is 0 Å². The average Bonchev–Trinajstić information content (AvgIpc) is 2.26. The van der Waals surface area contributed by atoms with Crippen molar-refractivity contribution in [3.05, 3.63) is 35.4 Å². The van der Waals surface area contributed by atoms with Gasteiger partial charge in [-0.3, -0.25) is 4.79 Å². The van der Waals surface area contributed by atoms with E-state index in [4.69, 9.17) is 5.73 Å². The zero-order chi connectivity index (χ0) is 11.4. The van der Waals surface area contributed by atoms with E-state index in [1.165, 1.54) is 7.11 Å².